The number of phenols is 1. The lowest BCUT2D eigenvalue weighted by molar-refractivity contribution is 0.101. The van der Waals surface area contributed by atoms with E-state index in [0.717, 1.165) is 0 Å². The number of benzene rings is 1. The van der Waals surface area contributed by atoms with E-state index in [0.29, 0.717) is 29.3 Å². The highest BCUT2D eigenvalue weighted by molar-refractivity contribution is 5.97. The second kappa shape index (κ2) is 6.29. The van der Waals surface area contributed by atoms with Crippen molar-refractivity contribution in [2.75, 3.05) is 11.9 Å². The summed E-state index contributed by atoms with van der Waals surface area (Å²) in [6.07, 6.45) is 1.37. The van der Waals surface area contributed by atoms with Crippen LogP contribution in [0.3, 0.4) is 0 Å². The van der Waals surface area contributed by atoms with Crippen molar-refractivity contribution in [3.8, 4) is 17.6 Å². The smallest absolute Gasteiger partial charge is 0.320 e. The van der Waals surface area contributed by atoms with Crippen molar-refractivity contribution in [2.45, 2.75) is 18.9 Å². The molecule has 0 bridgehead atoms. The quantitative estimate of drug-likeness (QED) is 0.717. The van der Waals surface area contributed by atoms with Crippen LogP contribution in [-0.2, 0) is 0 Å². The Kier molecular flexibility index (Phi) is 3.92. The first-order valence-electron chi connectivity index (χ1n) is 8.43. The van der Waals surface area contributed by atoms with E-state index in [4.69, 9.17) is 10.00 Å². The van der Waals surface area contributed by atoms with Crippen molar-refractivity contribution >= 4 is 17.6 Å². The summed E-state index contributed by atoms with van der Waals surface area (Å²) in [5, 5.41) is 24.7. The van der Waals surface area contributed by atoms with E-state index in [1.807, 2.05) is 6.07 Å². The van der Waals surface area contributed by atoms with Gasteiger partial charge in [0.15, 0.2) is 5.78 Å². The Bertz CT molecular complexity index is 980. The average molecular weight is 364 g/mol. The van der Waals surface area contributed by atoms with E-state index >= 15 is 0 Å². The second-order valence-corrected chi connectivity index (χ2v) is 6.60. The second-order valence-electron chi connectivity index (χ2n) is 6.60. The van der Waals surface area contributed by atoms with Gasteiger partial charge < -0.3 is 15.2 Å². The number of urea groups is 1. The molecule has 3 N–H and O–H groups in total. The Labute approximate surface area is 154 Å². The van der Waals surface area contributed by atoms with Crippen LogP contribution in [0.4, 0.5) is 10.6 Å². The molecule has 2 aliphatic rings. The third-order valence-electron chi connectivity index (χ3n) is 4.92. The topological polar surface area (TPSA) is 124 Å². The van der Waals surface area contributed by atoms with Gasteiger partial charge in [-0.15, -0.1) is 0 Å². The number of amides is 2. The molecule has 27 heavy (non-hydrogen) atoms. The lowest BCUT2D eigenvalue weighted by atomic mass is 9.99. The zero-order valence-corrected chi connectivity index (χ0v) is 14.4. The van der Waals surface area contributed by atoms with Gasteiger partial charge in [-0.25, -0.2) is 9.78 Å². The van der Waals surface area contributed by atoms with Crippen molar-refractivity contribution < 1.29 is 19.4 Å². The van der Waals surface area contributed by atoms with Crippen molar-refractivity contribution in [1.82, 2.24) is 10.3 Å². The molecule has 0 saturated heterocycles. The molecule has 4 rings (SSSR count). The molecule has 0 spiro atoms. The largest absolute Gasteiger partial charge is 0.507 e. The van der Waals surface area contributed by atoms with E-state index in [2.05, 4.69) is 15.6 Å². The van der Waals surface area contributed by atoms with Crippen LogP contribution in [0.5, 0.6) is 11.5 Å². The SMILES string of the molecule is CC(=O)c1ccc2c(c1O)C1C(CO2)C1NC(=O)Nc1ccc(C#N)cn1. The molecule has 3 atom stereocenters. The fraction of sp³-hybridized carbons (Fsp3) is 0.263. The number of pyridine rings is 1. The monoisotopic (exact) mass is 364 g/mol. The number of carbonyl (C=O) groups excluding carboxylic acids is 2. The molecule has 3 unspecified atom stereocenters. The molecule has 0 radical (unpaired) electrons. The van der Waals surface area contributed by atoms with Crippen molar-refractivity contribution in [3.63, 3.8) is 0 Å². The Morgan fingerprint density at radius 1 is 1.33 bits per heavy atom. The predicted octanol–water partition coefficient (Wildman–Crippen LogP) is 2.16. The van der Waals surface area contributed by atoms with Gasteiger partial charge in [0.25, 0.3) is 0 Å². The number of ether oxygens (including phenoxy) is 1. The highest BCUT2D eigenvalue weighted by Gasteiger charge is 2.57. The minimum absolute atomic E-state index is 0.0327. The molecule has 1 aromatic carbocycles. The first-order chi connectivity index (χ1) is 13.0. The lowest BCUT2D eigenvalue weighted by Gasteiger charge is -2.18. The van der Waals surface area contributed by atoms with Crippen LogP contribution in [0, 0.1) is 17.2 Å². The summed E-state index contributed by atoms with van der Waals surface area (Å²) in [6, 6.07) is 7.64. The molecule has 136 valence electrons. The number of rotatable bonds is 3. The molecule has 1 fully saturated rings. The number of fused-ring (bicyclic) bond motifs is 3. The standard InChI is InChI=1S/C19H16N4O4/c1-9(24)11-3-4-13-16(18(11)25)15-12(8-27-13)17(15)23-19(26)22-14-5-2-10(6-20)7-21-14/h2-5,7,12,15,17,25H,8H2,1H3,(H2,21,22,23,26). The number of nitriles is 1. The van der Waals surface area contributed by atoms with E-state index < -0.39 is 6.03 Å². The number of hydrogen-bond donors (Lipinski definition) is 3. The van der Waals surface area contributed by atoms with Crippen molar-refractivity contribution in [2.24, 2.45) is 5.92 Å². The molecule has 1 aliphatic heterocycles. The number of carbonyl (C=O) groups is 2. The number of hydrogen-bond acceptors (Lipinski definition) is 6. The molecule has 8 heteroatoms. The van der Waals surface area contributed by atoms with E-state index in [1.54, 1.807) is 24.3 Å². The summed E-state index contributed by atoms with van der Waals surface area (Å²) in [5.74, 6) is 0.490. The maximum Gasteiger partial charge on any atom is 0.320 e. The highest BCUT2D eigenvalue weighted by Crippen LogP contribution is 2.57. The van der Waals surface area contributed by atoms with Crippen LogP contribution < -0.4 is 15.4 Å². The number of Topliss-reactive ketones (excluding diaryl/α,β-unsaturated/α-hetero) is 1. The Hall–Kier alpha value is -3.60. The van der Waals surface area contributed by atoms with Crippen LogP contribution in [0.25, 0.3) is 0 Å². The van der Waals surface area contributed by atoms with Crippen molar-refractivity contribution in [1.29, 1.82) is 5.26 Å². The zero-order valence-electron chi connectivity index (χ0n) is 14.4. The molecular formula is C19H16N4O4. The molecule has 1 aliphatic carbocycles. The van der Waals surface area contributed by atoms with Gasteiger partial charge >= 0.3 is 6.03 Å². The molecule has 2 amide bonds. The fourth-order valence-corrected chi connectivity index (χ4v) is 3.52. The summed E-state index contributed by atoms with van der Waals surface area (Å²) in [7, 11) is 0. The number of nitrogens with one attached hydrogen (secondary N) is 2. The summed E-state index contributed by atoms with van der Waals surface area (Å²) < 4.78 is 5.66. The molecule has 1 saturated carbocycles. The minimum atomic E-state index is -0.435. The highest BCUT2D eigenvalue weighted by atomic mass is 16.5. The number of nitrogens with zero attached hydrogens (tertiary/aromatic N) is 2. The van der Waals surface area contributed by atoms with Gasteiger partial charge in [-0.3, -0.25) is 10.1 Å². The fourth-order valence-electron chi connectivity index (χ4n) is 3.52. The van der Waals surface area contributed by atoms with Gasteiger partial charge in [0, 0.05) is 29.6 Å². The van der Waals surface area contributed by atoms with Crippen molar-refractivity contribution in [3.05, 3.63) is 47.2 Å². The summed E-state index contributed by atoms with van der Waals surface area (Å²) >= 11 is 0. The normalized spacial score (nSPS) is 21.7. The first kappa shape index (κ1) is 16.8. The van der Waals surface area contributed by atoms with Crippen LogP contribution in [0.15, 0.2) is 30.5 Å². The van der Waals surface area contributed by atoms with E-state index in [9.17, 15) is 14.7 Å². The number of anilines is 1. The third-order valence-corrected chi connectivity index (χ3v) is 4.92. The number of aromatic nitrogens is 1. The van der Waals surface area contributed by atoms with Gasteiger partial charge in [-0.1, -0.05) is 0 Å². The summed E-state index contributed by atoms with van der Waals surface area (Å²) in [6.45, 7) is 1.82. The Balaban J connectivity index is 1.48. The van der Waals surface area contributed by atoms with E-state index in [-0.39, 0.29) is 35.0 Å². The van der Waals surface area contributed by atoms with Crippen LogP contribution in [0.2, 0.25) is 0 Å². The molecule has 8 nitrogen and oxygen atoms in total. The van der Waals surface area contributed by atoms with Gasteiger partial charge in [0.2, 0.25) is 0 Å². The van der Waals surface area contributed by atoms with Gasteiger partial charge in [0.1, 0.15) is 23.4 Å². The number of ketones is 1. The summed E-state index contributed by atoms with van der Waals surface area (Å²) in [5.41, 5.74) is 1.22. The maximum absolute atomic E-state index is 12.2. The lowest BCUT2D eigenvalue weighted by Crippen LogP contribution is -2.32. The molecular weight excluding hydrogens is 348 g/mol. The molecule has 2 aromatic rings. The number of aromatic hydroxyl groups is 1. The predicted molar refractivity (Wildman–Crippen MR) is 94.7 cm³/mol. The maximum atomic E-state index is 12.2. The van der Waals surface area contributed by atoms with Crippen LogP contribution in [0.1, 0.15) is 34.3 Å². The zero-order chi connectivity index (χ0) is 19.1. The minimum Gasteiger partial charge on any atom is -0.507 e. The van der Waals surface area contributed by atoms with E-state index in [1.165, 1.54) is 13.1 Å². The first-order valence-corrected chi connectivity index (χ1v) is 8.43. The average Bonchev–Trinajstić information content (AvgIpc) is 3.34. The Morgan fingerprint density at radius 2 is 2.15 bits per heavy atom. The Morgan fingerprint density at radius 3 is 2.81 bits per heavy atom. The summed E-state index contributed by atoms with van der Waals surface area (Å²) in [4.78, 5) is 27.9. The third kappa shape index (κ3) is 2.93. The van der Waals surface area contributed by atoms with Gasteiger partial charge in [-0.2, -0.15) is 5.26 Å². The van der Waals surface area contributed by atoms with Gasteiger partial charge in [0.05, 0.1) is 17.7 Å². The molecule has 2 heterocycles. The molecule has 1 aromatic heterocycles. The van der Waals surface area contributed by atoms with Crippen LogP contribution >= 0.6 is 0 Å². The number of phenolic OH excluding ortho intramolecular Hbond substituents is 1. The van der Waals surface area contributed by atoms with Gasteiger partial charge in [-0.05, 0) is 31.2 Å². The van der Waals surface area contributed by atoms with Crippen LogP contribution in [-0.4, -0.2) is 34.6 Å².